The van der Waals surface area contributed by atoms with E-state index in [1.54, 1.807) is 6.20 Å². The van der Waals surface area contributed by atoms with E-state index < -0.39 is 12.8 Å². The summed E-state index contributed by atoms with van der Waals surface area (Å²) in [5.74, 6) is 1.81. The number of carbonyl (C=O) groups excluding carboxylic acids is 1. The van der Waals surface area contributed by atoms with Crippen LogP contribution in [0.15, 0.2) is 37.1 Å². The van der Waals surface area contributed by atoms with Gasteiger partial charge in [-0.05, 0) is 73.4 Å². The molecular formula is C38H42F3N7O4. The molecule has 0 radical (unpaired) electrons. The highest BCUT2D eigenvalue weighted by molar-refractivity contribution is 6.06. The third-order valence-corrected chi connectivity index (χ3v) is 11.5. The number of ether oxygens (including phenoxy) is 3. The first-order chi connectivity index (χ1) is 25.1. The molecule has 9 rings (SSSR count). The molecule has 1 amide bonds. The van der Waals surface area contributed by atoms with Gasteiger partial charge in [0.15, 0.2) is 12.4 Å². The summed E-state index contributed by atoms with van der Waals surface area (Å²) in [7, 11) is 0. The molecule has 0 bridgehead atoms. The number of aryl methyl sites for hydroxylation is 1. The van der Waals surface area contributed by atoms with E-state index in [4.69, 9.17) is 24.2 Å². The van der Waals surface area contributed by atoms with Gasteiger partial charge in [0, 0.05) is 66.9 Å². The molecule has 2 aromatic carbocycles. The van der Waals surface area contributed by atoms with Gasteiger partial charge in [-0.3, -0.25) is 9.89 Å². The van der Waals surface area contributed by atoms with E-state index in [1.165, 1.54) is 6.08 Å². The monoisotopic (exact) mass is 717 g/mol. The summed E-state index contributed by atoms with van der Waals surface area (Å²) in [4.78, 5) is 28.6. The van der Waals surface area contributed by atoms with E-state index in [1.807, 2.05) is 28.9 Å². The minimum atomic E-state index is -4.56. The highest BCUT2D eigenvalue weighted by Crippen LogP contribution is 2.53. The summed E-state index contributed by atoms with van der Waals surface area (Å²) in [6, 6.07) is 6.01. The van der Waals surface area contributed by atoms with E-state index in [9.17, 15) is 18.0 Å². The third kappa shape index (κ3) is 6.03. The number of piperidine rings is 1. The molecular weight excluding hydrogens is 675 g/mol. The summed E-state index contributed by atoms with van der Waals surface area (Å²) in [5.41, 5.74) is 4.50. The number of amides is 1. The van der Waals surface area contributed by atoms with Crippen molar-refractivity contribution in [1.29, 1.82) is 0 Å². The van der Waals surface area contributed by atoms with Crippen molar-refractivity contribution in [2.24, 2.45) is 11.3 Å². The molecule has 0 unspecified atom stereocenters. The van der Waals surface area contributed by atoms with Crippen LogP contribution in [-0.4, -0.2) is 109 Å². The van der Waals surface area contributed by atoms with Crippen LogP contribution >= 0.6 is 0 Å². The van der Waals surface area contributed by atoms with Gasteiger partial charge in [0.2, 0.25) is 11.9 Å². The lowest BCUT2D eigenvalue weighted by molar-refractivity contribution is -0.153. The molecule has 4 aliphatic heterocycles. The summed E-state index contributed by atoms with van der Waals surface area (Å²) in [5, 5.41) is 8.82. The fourth-order valence-corrected chi connectivity index (χ4v) is 8.26. The number of carbonyl (C=O) groups is 1. The number of nitrogens with one attached hydrogen (secondary N) is 1. The van der Waals surface area contributed by atoms with Crippen LogP contribution in [-0.2, 0) is 14.3 Å². The van der Waals surface area contributed by atoms with Crippen LogP contribution in [0.5, 0.6) is 5.75 Å². The van der Waals surface area contributed by atoms with Gasteiger partial charge in [-0.15, -0.1) is 0 Å². The molecule has 0 atom stereocenters. The molecule has 1 spiro atoms. The lowest BCUT2D eigenvalue weighted by Crippen LogP contribution is -2.61. The van der Waals surface area contributed by atoms with Crippen molar-refractivity contribution < 1.29 is 32.2 Å². The van der Waals surface area contributed by atoms with Gasteiger partial charge in [-0.1, -0.05) is 12.6 Å². The normalized spacial score (nSPS) is 20.7. The van der Waals surface area contributed by atoms with E-state index in [2.05, 4.69) is 27.7 Å². The first kappa shape index (κ1) is 33.4. The Bertz CT molecular complexity index is 2040. The Labute approximate surface area is 299 Å². The van der Waals surface area contributed by atoms with E-state index in [0.29, 0.717) is 93.2 Å². The maximum atomic E-state index is 14.0. The van der Waals surface area contributed by atoms with Crippen LogP contribution in [0.2, 0.25) is 0 Å². The summed E-state index contributed by atoms with van der Waals surface area (Å²) in [6.45, 7) is 10.2. The predicted molar refractivity (Wildman–Crippen MR) is 190 cm³/mol. The number of aromatic nitrogens is 4. The lowest BCUT2D eigenvalue weighted by Gasteiger charge is -2.54. The molecule has 6 heterocycles. The number of halogens is 3. The number of H-pyrrole nitrogens is 1. The number of benzene rings is 2. The first-order valence-electron chi connectivity index (χ1n) is 18.2. The Balaban J connectivity index is 1.16. The second kappa shape index (κ2) is 12.6. The van der Waals surface area contributed by atoms with Crippen LogP contribution in [0, 0.1) is 18.3 Å². The Hall–Kier alpha value is -4.43. The molecule has 52 heavy (non-hydrogen) atoms. The van der Waals surface area contributed by atoms with Gasteiger partial charge >= 0.3 is 6.18 Å². The maximum Gasteiger partial charge on any atom is 0.422 e. The smallest absolute Gasteiger partial charge is 0.422 e. The number of likely N-dealkylation sites (tertiary alicyclic amines) is 1. The van der Waals surface area contributed by atoms with E-state index in [0.717, 1.165) is 53.3 Å². The van der Waals surface area contributed by atoms with Gasteiger partial charge in [0.1, 0.15) is 11.3 Å². The maximum absolute atomic E-state index is 14.0. The predicted octanol–water partition coefficient (Wildman–Crippen LogP) is 5.77. The van der Waals surface area contributed by atoms with Gasteiger partial charge < -0.3 is 28.9 Å². The summed E-state index contributed by atoms with van der Waals surface area (Å²) >= 11 is 0. The molecule has 2 aromatic heterocycles. The molecule has 1 aliphatic carbocycles. The molecule has 14 heteroatoms. The van der Waals surface area contributed by atoms with Crippen molar-refractivity contribution in [2.75, 3.05) is 75.5 Å². The Morgan fingerprint density at radius 3 is 2.54 bits per heavy atom. The molecule has 5 fully saturated rings. The van der Waals surface area contributed by atoms with Crippen molar-refractivity contribution in [3.05, 3.63) is 48.2 Å². The van der Waals surface area contributed by atoms with Crippen LogP contribution in [0.3, 0.4) is 0 Å². The molecule has 1 saturated carbocycles. The van der Waals surface area contributed by atoms with Crippen molar-refractivity contribution in [3.63, 3.8) is 0 Å². The largest absolute Gasteiger partial charge is 0.481 e. The summed E-state index contributed by atoms with van der Waals surface area (Å²) < 4.78 is 59.5. The summed E-state index contributed by atoms with van der Waals surface area (Å²) in [6.07, 6.45) is 2.13. The average Bonchev–Trinajstić information content (AvgIpc) is 3.81. The third-order valence-electron chi connectivity index (χ3n) is 11.5. The molecule has 274 valence electrons. The Morgan fingerprint density at radius 2 is 1.87 bits per heavy atom. The molecule has 4 aromatic rings. The second-order valence-electron chi connectivity index (χ2n) is 15.3. The first-order valence-corrected chi connectivity index (χ1v) is 18.2. The second-order valence-corrected chi connectivity index (χ2v) is 15.3. The molecule has 5 aliphatic rings. The van der Waals surface area contributed by atoms with E-state index in [-0.39, 0.29) is 29.1 Å². The van der Waals surface area contributed by atoms with Crippen LogP contribution in [0.4, 0.5) is 24.9 Å². The van der Waals surface area contributed by atoms with Crippen molar-refractivity contribution in [1.82, 2.24) is 25.1 Å². The molecule has 11 nitrogen and oxygen atoms in total. The van der Waals surface area contributed by atoms with Crippen LogP contribution in [0.1, 0.15) is 42.7 Å². The number of hydrogen-bond donors (Lipinski definition) is 1. The quantitative estimate of drug-likeness (QED) is 0.205. The number of hydrogen-bond acceptors (Lipinski definition) is 9. The van der Waals surface area contributed by atoms with E-state index >= 15 is 0 Å². The molecule has 1 N–H and O–H groups in total. The SMILES string of the molecule is C=CC(=O)N1CC2(CCN(c3nc(N4CC(OCC5COC5)C4)nc4c(OCC(F)(F)F)c(-c5c(C)ccc6[nH]ncc56)c(C5CC5)cc34)CC2)C1. The number of nitrogens with zero attached hydrogens (tertiary/aromatic N) is 6. The van der Waals surface area contributed by atoms with Crippen molar-refractivity contribution in [2.45, 2.75) is 50.8 Å². The zero-order valence-electron chi connectivity index (χ0n) is 29.2. The number of fused-ring (bicyclic) bond motifs is 2. The minimum Gasteiger partial charge on any atom is -0.481 e. The van der Waals surface area contributed by atoms with Gasteiger partial charge in [-0.2, -0.15) is 23.3 Å². The number of anilines is 2. The number of rotatable bonds is 10. The van der Waals surface area contributed by atoms with Crippen molar-refractivity contribution in [3.8, 4) is 16.9 Å². The highest BCUT2D eigenvalue weighted by Gasteiger charge is 2.47. The number of aromatic amines is 1. The lowest BCUT2D eigenvalue weighted by atomic mass is 9.72. The number of alkyl halides is 3. The van der Waals surface area contributed by atoms with Gasteiger partial charge in [0.05, 0.1) is 37.6 Å². The highest BCUT2D eigenvalue weighted by atomic mass is 19.4. The van der Waals surface area contributed by atoms with Crippen LogP contribution in [0.25, 0.3) is 32.9 Å². The van der Waals surface area contributed by atoms with Gasteiger partial charge in [-0.25, -0.2) is 4.98 Å². The fourth-order valence-electron chi connectivity index (χ4n) is 8.26. The zero-order valence-corrected chi connectivity index (χ0v) is 29.2. The standard InChI is InChI=1S/C38H42F3N7O4/c1-3-30(49)48-19-37(20-48)8-10-46(11-9-37)35-27-12-26(24-5-6-24)32(31-22(2)4-7-29-28(31)13-42-45-29)34(52-21-38(39,40)41)33(27)43-36(44-35)47-14-25(15-47)51-18-23-16-50-17-23/h3-4,7,12-13,23-25H,1,5-6,8-11,14-21H2,2H3,(H,42,45). The Morgan fingerprint density at radius 1 is 1.10 bits per heavy atom. The zero-order chi connectivity index (χ0) is 35.8. The molecule has 4 saturated heterocycles. The van der Waals surface area contributed by atoms with Crippen molar-refractivity contribution >= 4 is 39.5 Å². The topological polar surface area (TPSA) is 109 Å². The average molecular weight is 718 g/mol. The van der Waals surface area contributed by atoms with Gasteiger partial charge in [0.25, 0.3) is 0 Å². The Kier molecular flexibility index (Phi) is 8.10. The fraction of sp³-hybridized carbons (Fsp3) is 0.526. The van der Waals surface area contributed by atoms with Crippen LogP contribution < -0.4 is 14.5 Å². The minimum absolute atomic E-state index is 0.00752.